The van der Waals surface area contributed by atoms with Crippen molar-refractivity contribution in [1.82, 2.24) is 4.57 Å². The van der Waals surface area contributed by atoms with Crippen LogP contribution in [-0.2, 0) is 0 Å². The molecule has 4 rings (SSSR count). The molecule has 0 N–H and O–H groups in total. The van der Waals surface area contributed by atoms with E-state index in [1.165, 1.54) is 16.3 Å². The maximum atomic E-state index is 9.69. The molecule has 0 bridgehead atoms. The van der Waals surface area contributed by atoms with Crippen molar-refractivity contribution in [2.24, 2.45) is 0 Å². The zero-order chi connectivity index (χ0) is 19.7. The molecule has 0 fully saturated rings. The van der Waals surface area contributed by atoms with Crippen molar-refractivity contribution in [2.75, 3.05) is 0 Å². The van der Waals surface area contributed by atoms with E-state index >= 15 is 0 Å². The normalized spacial score (nSPS) is 11.6. The van der Waals surface area contributed by atoms with Crippen molar-refractivity contribution in [1.29, 1.82) is 5.26 Å². The van der Waals surface area contributed by atoms with E-state index in [2.05, 4.69) is 79.9 Å². The summed E-state index contributed by atoms with van der Waals surface area (Å²) >= 11 is 0. The third-order valence-corrected chi connectivity index (χ3v) is 5.24. The Morgan fingerprint density at radius 3 is 2.29 bits per heavy atom. The molecular formula is C26H22N2. The van der Waals surface area contributed by atoms with Gasteiger partial charge in [-0.25, -0.2) is 0 Å². The maximum absolute atomic E-state index is 9.69. The highest BCUT2D eigenvalue weighted by molar-refractivity contribution is 5.90. The van der Waals surface area contributed by atoms with Crippen LogP contribution in [0.5, 0.6) is 0 Å². The maximum Gasteiger partial charge on any atom is 0.0998 e. The Hall–Kier alpha value is -3.57. The molecule has 4 aromatic rings. The summed E-state index contributed by atoms with van der Waals surface area (Å²) in [5.74, 6) is 0. The van der Waals surface area contributed by atoms with Gasteiger partial charge in [0.1, 0.15) is 0 Å². The van der Waals surface area contributed by atoms with Gasteiger partial charge in [-0.3, -0.25) is 0 Å². The Balaban J connectivity index is 1.80. The summed E-state index contributed by atoms with van der Waals surface area (Å²) < 4.78 is 2.25. The van der Waals surface area contributed by atoms with Gasteiger partial charge in [0.15, 0.2) is 0 Å². The molecule has 0 unspecified atom stereocenters. The van der Waals surface area contributed by atoms with Crippen LogP contribution < -0.4 is 0 Å². The molecule has 2 heteroatoms. The molecule has 2 nitrogen and oxygen atoms in total. The Bertz CT molecular complexity index is 1230. The molecule has 1 heterocycles. The van der Waals surface area contributed by atoms with E-state index in [0.29, 0.717) is 5.57 Å². The summed E-state index contributed by atoms with van der Waals surface area (Å²) in [5, 5.41) is 12.1. The summed E-state index contributed by atoms with van der Waals surface area (Å²) in [6, 6.07) is 27.5. The van der Waals surface area contributed by atoms with Crippen LogP contribution in [0.2, 0.25) is 0 Å². The molecule has 0 radical (unpaired) electrons. The SMILES string of the molecule is Cc1ccc(/C(C#N)=C\c2cc(C)n(-c3ccc4ccccc4c3)c2C)cc1. The van der Waals surface area contributed by atoms with Crippen molar-refractivity contribution in [3.8, 4) is 11.8 Å². The zero-order valence-corrected chi connectivity index (χ0v) is 16.4. The molecule has 28 heavy (non-hydrogen) atoms. The second kappa shape index (κ2) is 7.21. The molecular weight excluding hydrogens is 340 g/mol. The van der Waals surface area contributed by atoms with Crippen LogP contribution in [0.3, 0.4) is 0 Å². The van der Waals surface area contributed by atoms with Crippen molar-refractivity contribution in [3.63, 3.8) is 0 Å². The van der Waals surface area contributed by atoms with Crippen LogP contribution in [0, 0.1) is 32.1 Å². The van der Waals surface area contributed by atoms with E-state index < -0.39 is 0 Å². The van der Waals surface area contributed by atoms with Gasteiger partial charge >= 0.3 is 0 Å². The van der Waals surface area contributed by atoms with Crippen LogP contribution in [0.1, 0.15) is 28.1 Å². The molecule has 0 saturated carbocycles. The molecule has 0 aliphatic heterocycles. The number of nitriles is 1. The van der Waals surface area contributed by atoms with Crippen molar-refractivity contribution < 1.29 is 0 Å². The number of fused-ring (bicyclic) bond motifs is 1. The van der Waals surface area contributed by atoms with Gasteiger partial charge in [0.2, 0.25) is 0 Å². The summed E-state index contributed by atoms with van der Waals surface area (Å²) in [6.45, 7) is 6.27. The average Bonchev–Trinajstić information content (AvgIpc) is 2.99. The van der Waals surface area contributed by atoms with Gasteiger partial charge in [-0.05, 0) is 66.9 Å². The number of benzene rings is 3. The smallest absolute Gasteiger partial charge is 0.0998 e. The van der Waals surface area contributed by atoms with Gasteiger partial charge in [-0.15, -0.1) is 0 Å². The summed E-state index contributed by atoms with van der Waals surface area (Å²) in [7, 11) is 0. The molecule has 3 aromatic carbocycles. The van der Waals surface area contributed by atoms with Crippen molar-refractivity contribution >= 4 is 22.4 Å². The van der Waals surface area contributed by atoms with Crippen LogP contribution in [0.15, 0.2) is 72.8 Å². The highest BCUT2D eigenvalue weighted by Gasteiger charge is 2.11. The van der Waals surface area contributed by atoms with Crippen LogP contribution in [-0.4, -0.2) is 4.57 Å². The van der Waals surface area contributed by atoms with E-state index in [-0.39, 0.29) is 0 Å². The minimum absolute atomic E-state index is 0.679. The average molecular weight is 362 g/mol. The molecule has 0 spiro atoms. The van der Waals surface area contributed by atoms with E-state index in [4.69, 9.17) is 0 Å². The minimum atomic E-state index is 0.679. The lowest BCUT2D eigenvalue weighted by Crippen LogP contribution is -1.99. The fraction of sp³-hybridized carbons (Fsp3) is 0.115. The van der Waals surface area contributed by atoms with Gasteiger partial charge in [-0.1, -0.05) is 60.2 Å². The standard InChI is InChI=1S/C26H22N2/c1-18-8-10-22(11-9-18)25(17-27)15-24-14-19(2)28(20(24)3)26-13-12-21-6-4-5-7-23(21)16-26/h4-16H,1-3H3/b25-15-. The molecule has 0 aliphatic carbocycles. The number of allylic oxidation sites excluding steroid dienone is 1. The first-order valence-corrected chi connectivity index (χ1v) is 9.44. The van der Waals surface area contributed by atoms with Crippen molar-refractivity contribution in [2.45, 2.75) is 20.8 Å². The van der Waals surface area contributed by atoms with E-state index in [0.717, 1.165) is 28.2 Å². The lowest BCUT2D eigenvalue weighted by Gasteiger charge is -2.11. The third kappa shape index (κ3) is 3.23. The molecule has 1 aromatic heterocycles. The highest BCUT2D eigenvalue weighted by atomic mass is 15.0. The lowest BCUT2D eigenvalue weighted by molar-refractivity contribution is 0.966. The summed E-state index contributed by atoms with van der Waals surface area (Å²) in [5.41, 5.74) is 7.32. The Morgan fingerprint density at radius 2 is 1.57 bits per heavy atom. The summed E-state index contributed by atoms with van der Waals surface area (Å²) in [6.07, 6.45) is 1.99. The van der Waals surface area contributed by atoms with Crippen LogP contribution in [0.4, 0.5) is 0 Å². The number of aromatic nitrogens is 1. The number of aryl methyl sites for hydroxylation is 2. The molecule has 0 atom stereocenters. The van der Waals surface area contributed by atoms with E-state index in [1.807, 2.05) is 30.3 Å². The van der Waals surface area contributed by atoms with Gasteiger partial charge < -0.3 is 4.57 Å². The first-order chi connectivity index (χ1) is 13.6. The predicted octanol–water partition coefficient (Wildman–Crippen LogP) is 6.62. The topological polar surface area (TPSA) is 28.7 Å². The zero-order valence-electron chi connectivity index (χ0n) is 16.4. The van der Waals surface area contributed by atoms with E-state index in [1.54, 1.807) is 0 Å². The first kappa shape index (κ1) is 17.8. The Labute approximate surface area is 166 Å². The third-order valence-electron chi connectivity index (χ3n) is 5.24. The number of hydrogen-bond acceptors (Lipinski definition) is 1. The van der Waals surface area contributed by atoms with Gasteiger partial charge in [0, 0.05) is 17.1 Å². The second-order valence-corrected chi connectivity index (χ2v) is 7.23. The number of hydrogen-bond donors (Lipinski definition) is 0. The van der Waals surface area contributed by atoms with Gasteiger partial charge in [-0.2, -0.15) is 5.26 Å². The molecule has 0 amide bonds. The van der Waals surface area contributed by atoms with Gasteiger partial charge in [0.25, 0.3) is 0 Å². The molecule has 0 aliphatic rings. The lowest BCUT2D eigenvalue weighted by atomic mass is 10.0. The highest BCUT2D eigenvalue weighted by Crippen LogP contribution is 2.27. The largest absolute Gasteiger partial charge is 0.318 e. The number of nitrogens with zero attached hydrogens (tertiary/aromatic N) is 2. The second-order valence-electron chi connectivity index (χ2n) is 7.23. The van der Waals surface area contributed by atoms with Crippen LogP contribution >= 0.6 is 0 Å². The monoisotopic (exact) mass is 362 g/mol. The van der Waals surface area contributed by atoms with E-state index in [9.17, 15) is 5.26 Å². The van der Waals surface area contributed by atoms with Gasteiger partial charge in [0.05, 0.1) is 11.6 Å². The van der Waals surface area contributed by atoms with Crippen LogP contribution in [0.25, 0.3) is 28.1 Å². The fourth-order valence-electron chi connectivity index (χ4n) is 3.72. The first-order valence-electron chi connectivity index (χ1n) is 9.44. The quantitative estimate of drug-likeness (QED) is 0.376. The Morgan fingerprint density at radius 1 is 0.857 bits per heavy atom. The predicted molar refractivity (Wildman–Crippen MR) is 117 cm³/mol. The minimum Gasteiger partial charge on any atom is -0.318 e. The Kier molecular flexibility index (Phi) is 4.59. The molecule has 0 saturated heterocycles. The summed E-state index contributed by atoms with van der Waals surface area (Å²) in [4.78, 5) is 0. The number of rotatable bonds is 3. The molecule has 136 valence electrons. The fourth-order valence-corrected chi connectivity index (χ4v) is 3.72. The van der Waals surface area contributed by atoms with Crippen molar-refractivity contribution in [3.05, 3.63) is 101 Å².